The number of benzene rings is 2. The summed E-state index contributed by atoms with van der Waals surface area (Å²) in [5, 5.41) is 13.3. The Balaban J connectivity index is 0.00000312. The van der Waals surface area contributed by atoms with Crippen molar-refractivity contribution >= 4 is 29.9 Å². The zero-order valence-electron chi connectivity index (χ0n) is 13.9. The van der Waals surface area contributed by atoms with Gasteiger partial charge in [0, 0.05) is 18.2 Å². The number of hydrogen-bond donors (Lipinski definition) is 3. The SMILES string of the molecule is CC(O)(CN=C(N)NCCc1ccccc1)c1ccc(F)cc1F.I. The number of nitrogens with zero attached hydrogens (tertiary/aromatic N) is 1. The predicted molar refractivity (Wildman–Crippen MR) is 106 cm³/mol. The van der Waals surface area contributed by atoms with Gasteiger partial charge < -0.3 is 16.2 Å². The Morgan fingerprint density at radius 3 is 2.52 bits per heavy atom. The molecule has 1 unspecified atom stereocenters. The van der Waals surface area contributed by atoms with Crippen LogP contribution < -0.4 is 11.1 Å². The number of aliphatic hydroxyl groups is 1. The Bertz CT molecular complexity index is 709. The van der Waals surface area contributed by atoms with Crippen LogP contribution in [0.3, 0.4) is 0 Å². The smallest absolute Gasteiger partial charge is 0.188 e. The van der Waals surface area contributed by atoms with Gasteiger partial charge in [0.1, 0.15) is 17.2 Å². The maximum atomic E-state index is 13.8. The van der Waals surface area contributed by atoms with Crippen molar-refractivity contribution in [2.45, 2.75) is 18.9 Å². The number of hydrogen-bond acceptors (Lipinski definition) is 2. The molecule has 0 aromatic heterocycles. The molecule has 0 aliphatic rings. The molecule has 2 aromatic carbocycles. The number of nitrogens with two attached hydrogens (primary N) is 1. The molecule has 0 spiro atoms. The van der Waals surface area contributed by atoms with E-state index in [1.54, 1.807) is 0 Å². The van der Waals surface area contributed by atoms with E-state index < -0.39 is 17.2 Å². The monoisotopic (exact) mass is 461 g/mol. The number of halogens is 3. The van der Waals surface area contributed by atoms with Crippen LogP contribution in [0.1, 0.15) is 18.1 Å². The minimum atomic E-state index is -1.58. The summed E-state index contributed by atoms with van der Waals surface area (Å²) in [4.78, 5) is 4.04. The van der Waals surface area contributed by atoms with Crippen LogP contribution in [0.25, 0.3) is 0 Å². The van der Waals surface area contributed by atoms with Gasteiger partial charge in [-0.2, -0.15) is 0 Å². The van der Waals surface area contributed by atoms with Gasteiger partial charge in [0.05, 0.1) is 6.54 Å². The average Bonchev–Trinajstić information content (AvgIpc) is 2.54. The molecule has 0 saturated heterocycles. The molecule has 0 bridgehead atoms. The second-order valence-corrected chi connectivity index (χ2v) is 5.76. The van der Waals surface area contributed by atoms with Crippen molar-refractivity contribution in [3.05, 3.63) is 71.3 Å². The first kappa shape index (κ1) is 21.3. The molecule has 0 radical (unpaired) electrons. The van der Waals surface area contributed by atoms with E-state index in [1.807, 2.05) is 30.3 Å². The Hall–Kier alpha value is -1.74. The second kappa shape index (κ2) is 9.67. The highest BCUT2D eigenvalue weighted by Crippen LogP contribution is 2.24. The molecule has 1 atom stereocenters. The summed E-state index contributed by atoms with van der Waals surface area (Å²) in [6.07, 6.45) is 0.778. The van der Waals surface area contributed by atoms with Crippen molar-refractivity contribution in [1.82, 2.24) is 5.32 Å². The Kier molecular flexibility index (Phi) is 8.24. The number of rotatable bonds is 6. The van der Waals surface area contributed by atoms with E-state index >= 15 is 0 Å². The van der Waals surface area contributed by atoms with E-state index in [2.05, 4.69) is 10.3 Å². The maximum Gasteiger partial charge on any atom is 0.188 e. The molecule has 7 heteroatoms. The van der Waals surface area contributed by atoms with Crippen molar-refractivity contribution in [2.75, 3.05) is 13.1 Å². The number of guanidine groups is 1. The first-order valence-electron chi connectivity index (χ1n) is 7.64. The average molecular weight is 461 g/mol. The standard InChI is InChI=1S/C18H21F2N3O.HI/c1-18(24,15-8-7-14(19)11-16(15)20)12-23-17(21)22-10-9-13-5-3-2-4-6-13;/h2-8,11,24H,9-10,12H2,1H3,(H3,21,22,23);1H. The van der Waals surface area contributed by atoms with Gasteiger partial charge in [0.25, 0.3) is 0 Å². The lowest BCUT2D eigenvalue weighted by molar-refractivity contribution is 0.0633. The van der Waals surface area contributed by atoms with Crippen molar-refractivity contribution in [3.63, 3.8) is 0 Å². The summed E-state index contributed by atoms with van der Waals surface area (Å²) in [6.45, 7) is 1.86. The van der Waals surface area contributed by atoms with Gasteiger partial charge in [0.2, 0.25) is 0 Å². The third-order valence-corrected chi connectivity index (χ3v) is 3.63. The third-order valence-electron chi connectivity index (χ3n) is 3.63. The van der Waals surface area contributed by atoms with E-state index in [-0.39, 0.29) is 42.0 Å². The summed E-state index contributed by atoms with van der Waals surface area (Å²) >= 11 is 0. The van der Waals surface area contributed by atoms with Crippen LogP contribution in [0.15, 0.2) is 53.5 Å². The minimum Gasteiger partial charge on any atom is -0.383 e. The van der Waals surface area contributed by atoms with Crippen LogP contribution in [0.5, 0.6) is 0 Å². The molecule has 0 fully saturated rings. The summed E-state index contributed by atoms with van der Waals surface area (Å²) in [5.74, 6) is -1.35. The predicted octanol–water partition coefficient (Wildman–Crippen LogP) is 2.94. The lowest BCUT2D eigenvalue weighted by Crippen LogP contribution is -2.35. The van der Waals surface area contributed by atoms with E-state index in [4.69, 9.17) is 5.73 Å². The molecule has 4 nitrogen and oxygen atoms in total. The molecule has 4 N–H and O–H groups in total. The van der Waals surface area contributed by atoms with E-state index in [1.165, 1.54) is 13.0 Å². The van der Waals surface area contributed by atoms with Gasteiger partial charge in [-0.3, -0.25) is 4.99 Å². The van der Waals surface area contributed by atoms with Gasteiger partial charge in [-0.15, -0.1) is 24.0 Å². The second-order valence-electron chi connectivity index (χ2n) is 5.76. The van der Waals surface area contributed by atoms with Gasteiger partial charge in [0.15, 0.2) is 5.96 Å². The topological polar surface area (TPSA) is 70.6 Å². The van der Waals surface area contributed by atoms with Crippen molar-refractivity contribution < 1.29 is 13.9 Å². The van der Waals surface area contributed by atoms with E-state index in [0.717, 1.165) is 24.1 Å². The molecule has 2 aromatic rings. The highest BCUT2D eigenvalue weighted by atomic mass is 127. The molecule has 25 heavy (non-hydrogen) atoms. The lowest BCUT2D eigenvalue weighted by atomic mass is 9.95. The van der Waals surface area contributed by atoms with Crippen LogP contribution in [0.2, 0.25) is 0 Å². The number of aliphatic imine (C=N–C) groups is 1. The minimum absolute atomic E-state index is 0. The van der Waals surface area contributed by atoms with E-state index in [9.17, 15) is 13.9 Å². The molecular formula is C18H22F2IN3O. The Morgan fingerprint density at radius 2 is 1.88 bits per heavy atom. The molecular weight excluding hydrogens is 439 g/mol. The molecule has 0 amide bonds. The quantitative estimate of drug-likeness (QED) is 0.352. The van der Waals surface area contributed by atoms with Gasteiger partial charge in [-0.05, 0) is 25.0 Å². The molecule has 0 saturated carbocycles. The van der Waals surface area contributed by atoms with Gasteiger partial charge in [-0.1, -0.05) is 36.4 Å². The van der Waals surface area contributed by atoms with Crippen molar-refractivity contribution in [2.24, 2.45) is 10.7 Å². The summed E-state index contributed by atoms with van der Waals surface area (Å²) < 4.78 is 26.7. The normalized spacial score (nSPS) is 13.7. The van der Waals surface area contributed by atoms with Crippen LogP contribution in [0.4, 0.5) is 8.78 Å². The van der Waals surface area contributed by atoms with Gasteiger partial charge >= 0.3 is 0 Å². The molecule has 2 rings (SSSR count). The first-order chi connectivity index (χ1) is 11.4. The third kappa shape index (κ3) is 6.58. The molecule has 0 aliphatic carbocycles. The van der Waals surface area contributed by atoms with Crippen molar-refractivity contribution in [3.8, 4) is 0 Å². The zero-order valence-corrected chi connectivity index (χ0v) is 16.2. The van der Waals surface area contributed by atoms with Crippen LogP contribution in [-0.4, -0.2) is 24.2 Å². The summed E-state index contributed by atoms with van der Waals surface area (Å²) in [6, 6.07) is 12.9. The summed E-state index contributed by atoms with van der Waals surface area (Å²) in [5.41, 5.74) is 5.32. The summed E-state index contributed by atoms with van der Waals surface area (Å²) in [7, 11) is 0. The van der Waals surface area contributed by atoms with Crippen molar-refractivity contribution in [1.29, 1.82) is 0 Å². The number of nitrogens with one attached hydrogen (secondary N) is 1. The fourth-order valence-electron chi connectivity index (χ4n) is 2.29. The Labute approximate surface area is 163 Å². The largest absolute Gasteiger partial charge is 0.383 e. The van der Waals surface area contributed by atoms with Crippen LogP contribution >= 0.6 is 24.0 Å². The first-order valence-corrected chi connectivity index (χ1v) is 7.64. The Morgan fingerprint density at radius 1 is 1.20 bits per heavy atom. The molecule has 136 valence electrons. The highest BCUT2D eigenvalue weighted by Gasteiger charge is 2.26. The fourth-order valence-corrected chi connectivity index (χ4v) is 2.29. The molecule has 0 heterocycles. The molecule has 0 aliphatic heterocycles. The van der Waals surface area contributed by atoms with Crippen LogP contribution in [-0.2, 0) is 12.0 Å². The van der Waals surface area contributed by atoms with E-state index in [0.29, 0.717) is 6.54 Å². The maximum absolute atomic E-state index is 13.8. The van der Waals surface area contributed by atoms with Crippen LogP contribution in [0, 0.1) is 11.6 Å². The lowest BCUT2D eigenvalue weighted by Gasteiger charge is -2.22. The highest BCUT2D eigenvalue weighted by molar-refractivity contribution is 14.0. The zero-order chi connectivity index (χ0) is 17.6. The fraction of sp³-hybridized carbons (Fsp3) is 0.278. The van der Waals surface area contributed by atoms with Gasteiger partial charge in [-0.25, -0.2) is 8.78 Å².